The van der Waals surface area contributed by atoms with Crippen LogP contribution in [0.5, 0.6) is 0 Å². The Morgan fingerprint density at radius 2 is 1.66 bits per heavy atom. The zero-order chi connectivity index (χ0) is 21.4. The van der Waals surface area contributed by atoms with Crippen LogP contribution in [0.25, 0.3) is 0 Å². The summed E-state index contributed by atoms with van der Waals surface area (Å²) in [6, 6.07) is 16.5. The van der Waals surface area contributed by atoms with Gasteiger partial charge in [-0.25, -0.2) is 5.84 Å². The monoisotopic (exact) mass is 393 g/mol. The number of carbonyl (C=O) groups is 2. The van der Waals surface area contributed by atoms with Crippen LogP contribution in [-0.4, -0.2) is 22.0 Å². The summed E-state index contributed by atoms with van der Waals surface area (Å²) < 4.78 is 0. The molecule has 0 saturated carbocycles. The van der Waals surface area contributed by atoms with E-state index in [1.54, 1.807) is 17.1 Å². The number of aliphatic carboxylic acids is 1. The van der Waals surface area contributed by atoms with Crippen LogP contribution in [0.2, 0.25) is 0 Å². The highest BCUT2D eigenvalue weighted by atomic mass is 16.4. The molecule has 0 unspecified atom stereocenters. The summed E-state index contributed by atoms with van der Waals surface area (Å²) in [6.07, 6.45) is 0.415. The molecule has 0 spiro atoms. The van der Waals surface area contributed by atoms with E-state index in [0.717, 1.165) is 22.4 Å². The molecule has 0 bridgehead atoms. The second kappa shape index (κ2) is 10.2. The summed E-state index contributed by atoms with van der Waals surface area (Å²) in [5, 5.41) is 13.4. The first-order chi connectivity index (χ1) is 13.8. The molecule has 0 fully saturated rings. The first kappa shape index (κ1) is 21.9. The highest BCUT2D eigenvalue weighted by Gasteiger charge is 2.12. The van der Waals surface area contributed by atoms with Gasteiger partial charge in [0, 0.05) is 23.4 Å². The third-order valence-corrected chi connectivity index (χ3v) is 4.57. The average molecular weight is 393 g/mol. The van der Waals surface area contributed by atoms with Gasteiger partial charge < -0.3 is 15.4 Å². The van der Waals surface area contributed by atoms with Crippen molar-refractivity contribution < 1.29 is 14.7 Å². The van der Waals surface area contributed by atoms with Crippen LogP contribution in [0, 0.1) is 0 Å². The standard InChI is InChI=1S/C23H27N3O3/c1-16(2)21(13-14-22(27)28)17(3)26(24)15-18-9-11-20(12-10-18)25-23(29)19-7-5-4-6-8-19/h4-12H,1,13-15,24H2,2-3H3,(H,25,29)(H,27,28)/b21-17-. The van der Waals surface area contributed by atoms with E-state index in [-0.39, 0.29) is 12.3 Å². The molecule has 6 nitrogen and oxygen atoms in total. The quantitative estimate of drug-likeness (QED) is 0.335. The van der Waals surface area contributed by atoms with Gasteiger partial charge in [0.15, 0.2) is 0 Å². The first-order valence-electron chi connectivity index (χ1n) is 9.33. The molecule has 6 heteroatoms. The Morgan fingerprint density at radius 1 is 1.03 bits per heavy atom. The van der Waals surface area contributed by atoms with Crippen molar-refractivity contribution in [1.29, 1.82) is 0 Å². The van der Waals surface area contributed by atoms with Crippen molar-refractivity contribution in [3.63, 3.8) is 0 Å². The molecule has 0 radical (unpaired) electrons. The normalized spacial score (nSPS) is 11.4. The van der Waals surface area contributed by atoms with Crippen molar-refractivity contribution >= 4 is 17.6 Å². The average Bonchev–Trinajstić information content (AvgIpc) is 2.69. The lowest BCUT2D eigenvalue weighted by molar-refractivity contribution is -0.136. The van der Waals surface area contributed by atoms with Gasteiger partial charge in [-0.2, -0.15) is 0 Å². The molecular weight excluding hydrogens is 366 g/mol. The van der Waals surface area contributed by atoms with E-state index >= 15 is 0 Å². The number of carbonyl (C=O) groups excluding carboxylic acids is 1. The van der Waals surface area contributed by atoms with Gasteiger partial charge in [0.05, 0.1) is 6.54 Å². The fourth-order valence-electron chi connectivity index (χ4n) is 2.91. The lowest BCUT2D eigenvalue weighted by Gasteiger charge is -2.23. The Labute approximate surface area is 171 Å². The summed E-state index contributed by atoms with van der Waals surface area (Å²) in [7, 11) is 0. The van der Waals surface area contributed by atoms with Crippen LogP contribution in [0.3, 0.4) is 0 Å². The number of anilines is 1. The molecule has 2 aromatic carbocycles. The van der Waals surface area contributed by atoms with E-state index in [4.69, 9.17) is 10.9 Å². The lowest BCUT2D eigenvalue weighted by Crippen LogP contribution is -2.29. The molecule has 0 atom stereocenters. The fourth-order valence-corrected chi connectivity index (χ4v) is 2.91. The van der Waals surface area contributed by atoms with Crippen LogP contribution in [-0.2, 0) is 11.3 Å². The van der Waals surface area contributed by atoms with Gasteiger partial charge in [-0.3, -0.25) is 9.59 Å². The van der Waals surface area contributed by atoms with Crippen LogP contribution >= 0.6 is 0 Å². The number of nitrogens with zero attached hydrogens (tertiary/aromatic N) is 1. The third kappa shape index (κ3) is 6.62. The predicted molar refractivity (Wildman–Crippen MR) is 115 cm³/mol. The number of hydrogen-bond donors (Lipinski definition) is 3. The minimum absolute atomic E-state index is 0.0309. The highest BCUT2D eigenvalue weighted by Crippen LogP contribution is 2.21. The number of amides is 1. The fraction of sp³-hybridized carbons (Fsp3) is 0.217. The number of rotatable bonds is 9. The van der Waals surface area contributed by atoms with Gasteiger partial charge in [0.2, 0.25) is 0 Å². The maximum atomic E-state index is 12.2. The van der Waals surface area contributed by atoms with E-state index in [0.29, 0.717) is 24.2 Å². The van der Waals surface area contributed by atoms with Crippen LogP contribution in [0.4, 0.5) is 5.69 Å². The minimum atomic E-state index is -0.853. The zero-order valence-electron chi connectivity index (χ0n) is 16.8. The van der Waals surface area contributed by atoms with Crippen LogP contribution in [0.1, 0.15) is 42.6 Å². The van der Waals surface area contributed by atoms with E-state index < -0.39 is 5.97 Å². The number of carboxylic acids is 1. The molecule has 0 heterocycles. The molecule has 0 aliphatic heterocycles. The second-order valence-corrected chi connectivity index (χ2v) is 6.88. The molecule has 152 valence electrons. The molecule has 0 aliphatic carbocycles. The van der Waals surface area contributed by atoms with E-state index in [1.807, 2.05) is 56.3 Å². The summed E-state index contributed by atoms with van der Waals surface area (Å²) in [5.41, 5.74) is 4.70. The Morgan fingerprint density at radius 3 is 2.21 bits per heavy atom. The Hall–Kier alpha value is -3.38. The summed E-state index contributed by atoms with van der Waals surface area (Å²) in [5.74, 6) is 5.19. The topological polar surface area (TPSA) is 95.7 Å². The summed E-state index contributed by atoms with van der Waals surface area (Å²) >= 11 is 0. The van der Waals surface area contributed by atoms with Gasteiger partial charge in [-0.1, -0.05) is 42.5 Å². The molecule has 2 rings (SSSR count). The summed E-state index contributed by atoms with van der Waals surface area (Å²) in [4.78, 5) is 23.1. The minimum Gasteiger partial charge on any atom is -0.481 e. The maximum absolute atomic E-state index is 12.2. The molecule has 4 N–H and O–H groups in total. The number of benzene rings is 2. The van der Waals surface area contributed by atoms with Gasteiger partial charge >= 0.3 is 5.97 Å². The van der Waals surface area contributed by atoms with Crippen molar-refractivity contribution in [3.05, 3.63) is 89.1 Å². The van der Waals surface area contributed by atoms with Crippen molar-refractivity contribution in [2.24, 2.45) is 5.84 Å². The zero-order valence-corrected chi connectivity index (χ0v) is 16.8. The van der Waals surface area contributed by atoms with Crippen molar-refractivity contribution in [3.8, 4) is 0 Å². The van der Waals surface area contributed by atoms with Crippen molar-refractivity contribution in [2.75, 3.05) is 5.32 Å². The van der Waals surface area contributed by atoms with Gasteiger partial charge in [0.1, 0.15) is 0 Å². The molecule has 0 saturated heterocycles. The number of nitrogens with one attached hydrogen (secondary N) is 1. The molecule has 29 heavy (non-hydrogen) atoms. The molecule has 0 aliphatic rings. The van der Waals surface area contributed by atoms with Gasteiger partial charge in [-0.15, -0.1) is 0 Å². The van der Waals surface area contributed by atoms with Gasteiger partial charge in [-0.05, 0) is 55.7 Å². The SMILES string of the molecule is C=C(C)/C(CCC(=O)O)=C(/C)N(N)Cc1ccc(NC(=O)c2ccccc2)cc1. The molecule has 2 aromatic rings. The Kier molecular flexibility index (Phi) is 7.74. The number of hydrazine groups is 1. The lowest BCUT2D eigenvalue weighted by atomic mass is 10.0. The molecule has 1 amide bonds. The predicted octanol–water partition coefficient (Wildman–Crippen LogP) is 4.33. The third-order valence-electron chi connectivity index (χ3n) is 4.57. The second-order valence-electron chi connectivity index (χ2n) is 6.88. The van der Waals surface area contributed by atoms with Gasteiger partial charge in [0.25, 0.3) is 5.91 Å². The molecule has 0 aromatic heterocycles. The molecular formula is C23H27N3O3. The Balaban J connectivity index is 2.04. The van der Waals surface area contributed by atoms with Crippen LogP contribution in [0.15, 0.2) is 78.0 Å². The first-order valence-corrected chi connectivity index (χ1v) is 9.33. The Bertz CT molecular complexity index is 903. The number of nitrogens with two attached hydrogens (primary N) is 1. The van der Waals surface area contributed by atoms with E-state index in [1.165, 1.54) is 0 Å². The number of carboxylic acid groups (broad SMARTS) is 1. The van der Waals surface area contributed by atoms with Crippen molar-refractivity contribution in [1.82, 2.24) is 5.01 Å². The number of hydrogen-bond acceptors (Lipinski definition) is 4. The van der Waals surface area contributed by atoms with Crippen molar-refractivity contribution in [2.45, 2.75) is 33.2 Å². The highest BCUT2D eigenvalue weighted by molar-refractivity contribution is 6.04. The largest absolute Gasteiger partial charge is 0.481 e. The summed E-state index contributed by atoms with van der Waals surface area (Å²) in [6.45, 7) is 8.09. The smallest absolute Gasteiger partial charge is 0.303 e. The number of allylic oxidation sites excluding steroid dienone is 3. The maximum Gasteiger partial charge on any atom is 0.303 e. The van der Waals surface area contributed by atoms with Crippen LogP contribution < -0.4 is 11.2 Å². The van der Waals surface area contributed by atoms with E-state index in [9.17, 15) is 9.59 Å². The van der Waals surface area contributed by atoms with E-state index in [2.05, 4.69) is 11.9 Å².